The van der Waals surface area contributed by atoms with Gasteiger partial charge in [-0.3, -0.25) is 0 Å². The van der Waals surface area contributed by atoms with Gasteiger partial charge in [-0.15, -0.1) is 0 Å². The second kappa shape index (κ2) is 6.69. The molecule has 0 saturated heterocycles. The van der Waals surface area contributed by atoms with Crippen LogP contribution < -0.4 is 10.2 Å². The number of thiol groups is 1. The number of aromatic nitrogens is 2. The fourth-order valence-electron chi connectivity index (χ4n) is 1.66. The summed E-state index contributed by atoms with van der Waals surface area (Å²) in [7, 11) is 2.06. The maximum atomic E-state index is 4.45. The van der Waals surface area contributed by atoms with Crippen molar-refractivity contribution in [3.8, 4) is 0 Å². The molecule has 0 unspecified atom stereocenters. The Balaban J connectivity index is 2.80. The van der Waals surface area contributed by atoms with E-state index in [1.165, 1.54) is 0 Å². The summed E-state index contributed by atoms with van der Waals surface area (Å²) in [5.41, 5.74) is 0. The smallest absolute Gasteiger partial charge is 0.134 e. The van der Waals surface area contributed by atoms with Crippen LogP contribution in [0.4, 0.5) is 11.6 Å². The maximum absolute atomic E-state index is 4.45. The zero-order chi connectivity index (χ0) is 12.8. The molecule has 96 valence electrons. The van der Waals surface area contributed by atoms with E-state index in [9.17, 15) is 0 Å². The summed E-state index contributed by atoms with van der Waals surface area (Å²) < 4.78 is 0. The largest absolute Gasteiger partial charge is 0.369 e. The summed E-state index contributed by atoms with van der Waals surface area (Å²) >= 11 is 4.17. The summed E-state index contributed by atoms with van der Waals surface area (Å²) in [5, 5.41) is 3.23. The van der Waals surface area contributed by atoms with Gasteiger partial charge in [0.1, 0.15) is 17.5 Å². The van der Waals surface area contributed by atoms with Crippen LogP contribution >= 0.6 is 12.6 Å². The Morgan fingerprint density at radius 2 is 2.12 bits per heavy atom. The van der Waals surface area contributed by atoms with E-state index in [0.717, 1.165) is 36.3 Å². The lowest BCUT2D eigenvalue weighted by atomic mass is 10.2. The molecule has 1 rings (SSSR count). The Kier molecular flexibility index (Phi) is 5.55. The number of aryl methyl sites for hydroxylation is 1. The van der Waals surface area contributed by atoms with Gasteiger partial charge in [0.25, 0.3) is 0 Å². The predicted molar refractivity (Wildman–Crippen MR) is 77.2 cm³/mol. The van der Waals surface area contributed by atoms with Gasteiger partial charge in [-0.1, -0.05) is 13.8 Å². The van der Waals surface area contributed by atoms with E-state index in [-0.39, 0.29) is 0 Å². The van der Waals surface area contributed by atoms with E-state index >= 15 is 0 Å². The number of nitrogens with zero attached hydrogens (tertiary/aromatic N) is 3. The second-order valence-electron chi connectivity index (χ2n) is 4.58. The first kappa shape index (κ1) is 14.1. The molecule has 0 aliphatic carbocycles. The highest BCUT2D eigenvalue weighted by molar-refractivity contribution is 7.80. The van der Waals surface area contributed by atoms with Crippen LogP contribution in [0.2, 0.25) is 0 Å². The lowest BCUT2D eigenvalue weighted by molar-refractivity contribution is 0.633. The summed E-state index contributed by atoms with van der Waals surface area (Å²) in [6, 6.07) is 1.98. The SMILES string of the molecule is Cc1nc(NCCS)cc(N(C)CC(C)C)n1. The Hall–Kier alpha value is -0.970. The van der Waals surface area contributed by atoms with Crippen LogP contribution in [0.3, 0.4) is 0 Å². The van der Waals surface area contributed by atoms with Crippen molar-refractivity contribution >= 4 is 24.3 Å². The average Bonchev–Trinajstić information content (AvgIpc) is 2.24. The highest BCUT2D eigenvalue weighted by Gasteiger charge is 2.07. The van der Waals surface area contributed by atoms with Crippen LogP contribution in [0.25, 0.3) is 0 Å². The minimum atomic E-state index is 0.615. The maximum Gasteiger partial charge on any atom is 0.134 e. The van der Waals surface area contributed by atoms with Gasteiger partial charge in [0, 0.05) is 32.0 Å². The first-order valence-corrected chi connectivity index (χ1v) is 6.57. The summed E-state index contributed by atoms with van der Waals surface area (Å²) in [6.07, 6.45) is 0. The second-order valence-corrected chi connectivity index (χ2v) is 5.03. The molecule has 0 aliphatic rings. The van der Waals surface area contributed by atoms with Crippen molar-refractivity contribution in [1.29, 1.82) is 0 Å². The Morgan fingerprint density at radius 3 is 2.71 bits per heavy atom. The van der Waals surface area contributed by atoms with Crippen LogP contribution in [-0.4, -0.2) is 35.9 Å². The number of hydrogen-bond acceptors (Lipinski definition) is 5. The number of hydrogen-bond donors (Lipinski definition) is 2. The summed E-state index contributed by atoms with van der Waals surface area (Å²) in [5.74, 6) is 4.04. The quantitative estimate of drug-likeness (QED) is 0.764. The molecule has 1 heterocycles. The van der Waals surface area contributed by atoms with E-state index in [1.54, 1.807) is 0 Å². The molecule has 1 aromatic rings. The van der Waals surface area contributed by atoms with Crippen LogP contribution in [0.15, 0.2) is 6.07 Å². The predicted octanol–water partition coefficient (Wildman–Crippen LogP) is 2.22. The van der Waals surface area contributed by atoms with Crippen molar-refractivity contribution in [2.24, 2.45) is 5.92 Å². The van der Waals surface area contributed by atoms with Crippen molar-refractivity contribution in [1.82, 2.24) is 9.97 Å². The van der Waals surface area contributed by atoms with Crippen LogP contribution in [0.5, 0.6) is 0 Å². The lowest BCUT2D eigenvalue weighted by Crippen LogP contribution is -2.24. The third kappa shape index (κ3) is 4.81. The average molecular weight is 254 g/mol. The molecule has 0 amide bonds. The molecule has 0 radical (unpaired) electrons. The van der Waals surface area contributed by atoms with Gasteiger partial charge in [0.15, 0.2) is 0 Å². The van der Waals surface area contributed by atoms with E-state index in [2.05, 4.69) is 53.7 Å². The number of nitrogens with one attached hydrogen (secondary N) is 1. The standard InChI is InChI=1S/C12H22N4S/c1-9(2)8-16(4)12-7-11(13-5-6-17)14-10(3)15-12/h7,9,17H,5-6,8H2,1-4H3,(H,13,14,15). The molecule has 0 fully saturated rings. The molecule has 0 bridgehead atoms. The first-order chi connectivity index (χ1) is 8.02. The Labute approximate surface area is 109 Å². The van der Waals surface area contributed by atoms with E-state index in [0.29, 0.717) is 5.92 Å². The van der Waals surface area contributed by atoms with E-state index in [1.807, 2.05) is 13.0 Å². The van der Waals surface area contributed by atoms with E-state index in [4.69, 9.17) is 0 Å². The third-order valence-corrected chi connectivity index (χ3v) is 2.50. The number of anilines is 2. The highest BCUT2D eigenvalue weighted by Crippen LogP contribution is 2.15. The van der Waals surface area contributed by atoms with Crippen LogP contribution in [0.1, 0.15) is 19.7 Å². The molecule has 0 aromatic carbocycles. The van der Waals surface area contributed by atoms with Crippen molar-refractivity contribution in [2.45, 2.75) is 20.8 Å². The molecule has 4 nitrogen and oxygen atoms in total. The minimum absolute atomic E-state index is 0.615. The van der Waals surface area contributed by atoms with Gasteiger partial charge >= 0.3 is 0 Å². The molecular weight excluding hydrogens is 232 g/mol. The molecule has 1 aromatic heterocycles. The fraction of sp³-hybridized carbons (Fsp3) is 0.667. The van der Waals surface area contributed by atoms with Crippen LogP contribution in [0, 0.1) is 12.8 Å². The zero-order valence-electron chi connectivity index (χ0n) is 11.1. The normalized spacial score (nSPS) is 10.7. The van der Waals surface area contributed by atoms with Crippen molar-refractivity contribution in [3.63, 3.8) is 0 Å². The Bertz CT molecular complexity index is 354. The van der Waals surface area contributed by atoms with Gasteiger partial charge in [0.2, 0.25) is 0 Å². The topological polar surface area (TPSA) is 41.1 Å². The molecule has 17 heavy (non-hydrogen) atoms. The Morgan fingerprint density at radius 1 is 1.41 bits per heavy atom. The van der Waals surface area contributed by atoms with Gasteiger partial charge in [-0.2, -0.15) is 12.6 Å². The molecule has 0 saturated carbocycles. The first-order valence-electron chi connectivity index (χ1n) is 5.94. The molecule has 0 aliphatic heterocycles. The molecule has 1 N–H and O–H groups in total. The highest BCUT2D eigenvalue weighted by atomic mass is 32.1. The molecule has 0 atom stereocenters. The van der Waals surface area contributed by atoms with Crippen molar-refractivity contribution < 1.29 is 0 Å². The van der Waals surface area contributed by atoms with Gasteiger partial charge in [-0.25, -0.2) is 9.97 Å². The fourth-order valence-corrected chi connectivity index (χ4v) is 1.78. The number of rotatable bonds is 6. The summed E-state index contributed by atoms with van der Waals surface area (Å²) in [6.45, 7) is 8.11. The van der Waals surface area contributed by atoms with Crippen molar-refractivity contribution in [2.75, 3.05) is 36.1 Å². The summed E-state index contributed by atoms with van der Waals surface area (Å²) in [4.78, 5) is 11.0. The van der Waals surface area contributed by atoms with E-state index < -0.39 is 0 Å². The van der Waals surface area contributed by atoms with Gasteiger partial charge < -0.3 is 10.2 Å². The van der Waals surface area contributed by atoms with Gasteiger partial charge in [-0.05, 0) is 12.8 Å². The van der Waals surface area contributed by atoms with Crippen LogP contribution in [-0.2, 0) is 0 Å². The zero-order valence-corrected chi connectivity index (χ0v) is 12.0. The monoisotopic (exact) mass is 254 g/mol. The lowest BCUT2D eigenvalue weighted by Gasteiger charge is -2.21. The third-order valence-electron chi connectivity index (χ3n) is 2.27. The molecule has 5 heteroatoms. The minimum Gasteiger partial charge on any atom is -0.369 e. The molecular formula is C12H22N4S. The molecule has 0 spiro atoms. The van der Waals surface area contributed by atoms with Crippen molar-refractivity contribution in [3.05, 3.63) is 11.9 Å². The van der Waals surface area contributed by atoms with Gasteiger partial charge in [0.05, 0.1) is 0 Å².